The molecule has 1 aromatic heterocycles. The van der Waals surface area contributed by atoms with Crippen molar-refractivity contribution >= 4 is 17.1 Å². The third kappa shape index (κ3) is 4.38. The Labute approximate surface area is 147 Å². The zero-order valence-electron chi connectivity index (χ0n) is 14.5. The van der Waals surface area contributed by atoms with E-state index >= 15 is 0 Å². The molecule has 0 aliphatic rings. The monoisotopic (exact) mass is 336 g/mol. The van der Waals surface area contributed by atoms with Crippen LogP contribution in [0.2, 0.25) is 0 Å². The minimum absolute atomic E-state index is 0.144. The van der Waals surface area contributed by atoms with E-state index in [1.54, 1.807) is 6.33 Å². The third-order valence-corrected chi connectivity index (χ3v) is 4.25. The van der Waals surface area contributed by atoms with Gasteiger partial charge in [0.25, 0.3) is 0 Å². The van der Waals surface area contributed by atoms with Crippen LogP contribution in [0.15, 0.2) is 54.9 Å². The van der Waals surface area contributed by atoms with Crippen LogP contribution in [-0.2, 0) is 0 Å². The van der Waals surface area contributed by atoms with E-state index in [2.05, 4.69) is 27.5 Å². The van der Waals surface area contributed by atoms with Gasteiger partial charge in [0.2, 0.25) is 0 Å². The Kier molecular flexibility index (Phi) is 5.67. The third-order valence-electron chi connectivity index (χ3n) is 4.25. The average molecular weight is 336 g/mol. The molecule has 2 aromatic carbocycles. The van der Waals surface area contributed by atoms with Gasteiger partial charge in [-0.1, -0.05) is 56.2 Å². The van der Waals surface area contributed by atoms with Gasteiger partial charge in [-0.2, -0.15) is 0 Å². The molecule has 25 heavy (non-hydrogen) atoms. The molecule has 5 heteroatoms. The lowest BCUT2D eigenvalue weighted by molar-refractivity contribution is 0.238. The number of urea groups is 1. The Morgan fingerprint density at radius 2 is 1.96 bits per heavy atom. The quantitative estimate of drug-likeness (QED) is 0.568. The van der Waals surface area contributed by atoms with E-state index in [4.69, 9.17) is 0 Å². The van der Waals surface area contributed by atoms with E-state index in [-0.39, 0.29) is 12.1 Å². The molecule has 5 nitrogen and oxygen atoms in total. The van der Waals surface area contributed by atoms with E-state index in [1.165, 1.54) is 0 Å². The number of amides is 2. The molecule has 3 rings (SSSR count). The van der Waals surface area contributed by atoms with Crippen LogP contribution in [0.25, 0.3) is 11.0 Å². The van der Waals surface area contributed by atoms with Gasteiger partial charge < -0.3 is 15.6 Å². The number of carbonyl (C=O) groups is 1. The molecule has 0 aliphatic carbocycles. The molecular formula is C20H24N4O. The highest BCUT2D eigenvalue weighted by molar-refractivity contribution is 5.77. The fraction of sp³-hybridized carbons (Fsp3) is 0.300. The standard InChI is InChI=1S/C20H24N4O/c1-2-3-7-12-21-20(25)24-19(15-8-5-4-6-9-15)16-10-11-17-18(13-16)23-14-22-17/h4-6,8-11,13-14,19H,2-3,7,12H2,1H3,(H,22,23)(H2,21,24,25). The molecule has 0 saturated carbocycles. The Bertz CT molecular complexity index is 813. The molecule has 0 saturated heterocycles. The fourth-order valence-electron chi connectivity index (χ4n) is 2.90. The normalized spacial score (nSPS) is 12.0. The van der Waals surface area contributed by atoms with Crippen molar-refractivity contribution in [3.8, 4) is 0 Å². The van der Waals surface area contributed by atoms with Crippen molar-refractivity contribution in [3.05, 3.63) is 66.0 Å². The molecule has 0 aliphatic heterocycles. The van der Waals surface area contributed by atoms with E-state index in [0.717, 1.165) is 41.4 Å². The van der Waals surface area contributed by atoms with Gasteiger partial charge in [0.1, 0.15) is 0 Å². The second kappa shape index (κ2) is 8.33. The first-order chi connectivity index (χ1) is 12.3. The minimum Gasteiger partial charge on any atom is -0.345 e. The zero-order chi connectivity index (χ0) is 17.5. The Morgan fingerprint density at radius 3 is 2.76 bits per heavy atom. The molecule has 0 fully saturated rings. The second-order valence-corrected chi connectivity index (χ2v) is 6.13. The maximum atomic E-state index is 12.3. The summed E-state index contributed by atoms with van der Waals surface area (Å²) in [6.45, 7) is 2.85. The van der Waals surface area contributed by atoms with Gasteiger partial charge in [0.05, 0.1) is 23.4 Å². The molecular weight excluding hydrogens is 312 g/mol. The van der Waals surface area contributed by atoms with E-state index in [1.807, 2.05) is 48.5 Å². The number of imidazole rings is 1. The molecule has 0 bridgehead atoms. The number of unbranched alkanes of at least 4 members (excludes halogenated alkanes) is 2. The minimum atomic E-state index is -0.208. The zero-order valence-corrected chi connectivity index (χ0v) is 14.5. The summed E-state index contributed by atoms with van der Waals surface area (Å²) < 4.78 is 0. The van der Waals surface area contributed by atoms with Gasteiger partial charge in [-0.3, -0.25) is 0 Å². The number of rotatable bonds is 7. The van der Waals surface area contributed by atoms with Crippen molar-refractivity contribution in [1.82, 2.24) is 20.6 Å². The van der Waals surface area contributed by atoms with Crippen LogP contribution >= 0.6 is 0 Å². The number of aromatic amines is 1. The van der Waals surface area contributed by atoms with Crippen molar-refractivity contribution in [2.75, 3.05) is 6.54 Å². The number of carbonyl (C=O) groups excluding carboxylic acids is 1. The van der Waals surface area contributed by atoms with E-state index in [0.29, 0.717) is 6.54 Å². The second-order valence-electron chi connectivity index (χ2n) is 6.13. The molecule has 3 aromatic rings. The summed E-state index contributed by atoms with van der Waals surface area (Å²) in [6.07, 6.45) is 4.94. The number of H-pyrrole nitrogens is 1. The average Bonchev–Trinajstić information content (AvgIpc) is 3.12. The van der Waals surface area contributed by atoms with Gasteiger partial charge >= 0.3 is 6.03 Å². The molecule has 2 amide bonds. The van der Waals surface area contributed by atoms with Crippen LogP contribution in [-0.4, -0.2) is 22.5 Å². The Hall–Kier alpha value is -2.82. The first-order valence-corrected chi connectivity index (χ1v) is 8.80. The van der Waals surface area contributed by atoms with Gasteiger partial charge in [-0.15, -0.1) is 0 Å². The lowest BCUT2D eigenvalue weighted by Gasteiger charge is -2.20. The molecule has 0 spiro atoms. The van der Waals surface area contributed by atoms with Crippen molar-refractivity contribution in [2.24, 2.45) is 0 Å². The number of nitrogens with one attached hydrogen (secondary N) is 3. The van der Waals surface area contributed by atoms with Crippen molar-refractivity contribution < 1.29 is 4.79 Å². The summed E-state index contributed by atoms with van der Waals surface area (Å²) in [4.78, 5) is 19.7. The summed E-state index contributed by atoms with van der Waals surface area (Å²) in [7, 11) is 0. The maximum Gasteiger partial charge on any atom is 0.315 e. The topological polar surface area (TPSA) is 69.8 Å². The van der Waals surface area contributed by atoms with Crippen LogP contribution in [0.3, 0.4) is 0 Å². The molecule has 0 radical (unpaired) electrons. The number of nitrogens with zero attached hydrogens (tertiary/aromatic N) is 1. The lowest BCUT2D eigenvalue weighted by Crippen LogP contribution is -2.38. The van der Waals surface area contributed by atoms with E-state index < -0.39 is 0 Å². The molecule has 3 N–H and O–H groups in total. The number of hydrogen-bond donors (Lipinski definition) is 3. The Balaban J connectivity index is 1.79. The number of hydrogen-bond acceptors (Lipinski definition) is 2. The first kappa shape index (κ1) is 17.0. The number of benzene rings is 2. The van der Waals surface area contributed by atoms with Gasteiger partial charge in [0, 0.05) is 6.54 Å². The van der Waals surface area contributed by atoms with Gasteiger partial charge in [-0.25, -0.2) is 9.78 Å². The van der Waals surface area contributed by atoms with Crippen molar-refractivity contribution in [1.29, 1.82) is 0 Å². The highest BCUT2D eigenvalue weighted by Crippen LogP contribution is 2.24. The first-order valence-electron chi connectivity index (χ1n) is 8.80. The highest BCUT2D eigenvalue weighted by Gasteiger charge is 2.17. The van der Waals surface area contributed by atoms with Crippen LogP contribution in [0, 0.1) is 0 Å². The highest BCUT2D eigenvalue weighted by atomic mass is 16.2. The van der Waals surface area contributed by atoms with Crippen molar-refractivity contribution in [3.63, 3.8) is 0 Å². The van der Waals surface area contributed by atoms with Crippen molar-refractivity contribution in [2.45, 2.75) is 32.2 Å². The SMILES string of the molecule is CCCCCNC(=O)NC(c1ccccc1)c1ccc2nc[nH]c2c1. The summed E-state index contributed by atoms with van der Waals surface area (Å²) >= 11 is 0. The van der Waals surface area contributed by atoms with Crippen LogP contribution < -0.4 is 10.6 Å². The maximum absolute atomic E-state index is 12.3. The number of fused-ring (bicyclic) bond motifs is 1. The van der Waals surface area contributed by atoms with Gasteiger partial charge in [0.15, 0.2) is 0 Å². The summed E-state index contributed by atoms with van der Waals surface area (Å²) in [6, 6.07) is 15.7. The predicted octanol–water partition coefficient (Wildman–Crippen LogP) is 4.14. The molecule has 1 heterocycles. The predicted molar refractivity (Wildman–Crippen MR) is 100 cm³/mol. The number of aromatic nitrogens is 2. The van der Waals surface area contributed by atoms with E-state index in [9.17, 15) is 4.79 Å². The largest absolute Gasteiger partial charge is 0.345 e. The van der Waals surface area contributed by atoms with Crippen LogP contribution in [0.4, 0.5) is 4.79 Å². The van der Waals surface area contributed by atoms with Crippen LogP contribution in [0.5, 0.6) is 0 Å². The molecule has 130 valence electrons. The summed E-state index contributed by atoms with van der Waals surface area (Å²) in [5.74, 6) is 0. The van der Waals surface area contributed by atoms with Gasteiger partial charge in [-0.05, 0) is 29.7 Å². The smallest absolute Gasteiger partial charge is 0.315 e. The fourth-order valence-corrected chi connectivity index (χ4v) is 2.90. The lowest BCUT2D eigenvalue weighted by atomic mass is 9.98. The summed E-state index contributed by atoms with van der Waals surface area (Å²) in [5, 5.41) is 6.05. The molecule has 1 unspecified atom stereocenters. The molecule has 1 atom stereocenters. The summed E-state index contributed by atoms with van der Waals surface area (Å²) in [5.41, 5.74) is 3.94. The Morgan fingerprint density at radius 1 is 1.12 bits per heavy atom. The van der Waals surface area contributed by atoms with Crippen LogP contribution in [0.1, 0.15) is 43.4 Å².